The van der Waals surface area contributed by atoms with Gasteiger partial charge >= 0.3 is 5.97 Å². The van der Waals surface area contributed by atoms with Crippen molar-refractivity contribution in [1.82, 2.24) is 19.5 Å². The topological polar surface area (TPSA) is 129 Å². The van der Waals surface area contributed by atoms with Gasteiger partial charge in [-0.1, -0.05) is 0 Å². The zero-order valence-electron chi connectivity index (χ0n) is 18.5. The van der Waals surface area contributed by atoms with Crippen molar-refractivity contribution in [1.29, 1.82) is 5.26 Å². The largest absolute Gasteiger partial charge is 0.496 e. The number of ether oxygens (including phenoxy) is 1. The summed E-state index contributed by atoms with van der Waals surface area (Å²) in [6.45, 7) is 0.695. The number of anilines is 1. The second-order valence-electron chi connectivity index (χ2n) is 7.81. The molecule has 3 aromatic heterocycles. The molecule has 35 heavy (non-hydrogen) atoms. The summed E-state index contributed by atoms with van der Waals surface area (Å²) in [5.41, 5.74) is 2.97. The van der Waals surface area contributed by atoms with Crippen LogP contribution in [0.2, 0.25) is 0 Å². The van der Waals surface area contributed by atoms with E-state index in [1.165, 1.54) is 31.6 Å². The number of fused-ring (bicyclic) bond motifs is 2. The zero-order valence-corrected chi connectivity index (χ0v) is 18.5. The number of carboxylic acids is 1. The Morgan fingerprint density at radius 1 is 1.23 bits per heavy atom. The third-order valence-electron chi connectivity index (χ3n) is 5.76. The number of carboxylic acid groups (broad SMARTS) is 1. The van der Waals surface area contributed by atoms with Gasteiger partial charge in [0.05, 0.1) is 29.6 Å². The molecule has 0 unspecified atom stereocenters. The molecule has 0 aliphatic rings. The van der Waals surface area contributed by atoms with Crippen molar-refractivity contribution < 1.29 is 19.0 Å². The fourth-order valence-electron chi connectivity index (χ4n) is 4.12. The minimum Gasteiger partial charge on any atom is -0.496 e. The first-order valence-corrected chi connectivity index (χ1v) is 10.7. The van der Waals surface area contributed by atoms with Gasteiger partial charge in [-0.2, -0.15) is 5.26 Å². The van der Waals surface area contributed by atoms with Crippen molar-refractivity contribution >= 4 is 33.6 Å². The maximum Gasteiger partial charge on any atom is 0.335 e. The quantitative estimate of drug-likeness (QED) is 0.321. The molecule has 0 aliphatic heterocycles. The Morgan fingerprint density at radius 2 is 2.09 bits per heavy atom. The number of carbonyl (C=O) groups is 1. The third-order valence-corrected chi connectivity index (χ3v) is 5.76. The van der Waals surface area contributed by atoms with E-state index in [4.69, 9.17) is 4.74 Å². The van der Waals surface area contributed by atoms with Gasteiger partial charge in [0.1, 0.15) is 35.5 Å². The fraction of sp³-hybridized carbons (Fsp3) is 0.120. The van der Waals surface area contributed by atoms with Crippen LogP contribution >= 0.6 is 0 Å². The van der Waals surface area contributed by atoms with Crippen LogP contribution in [0.4, 0.5) is 10.2 Å². The van der Waals surface area contributed by atoms with Crippen molar-refractivity contribution in [3.63, 3.8) is 0 Å². The second-order valence-corrected chi connectivity index (χ2v) is 7.81. The molecule has 0 fully saturated rings. The molecule has 3 N–H and O–H groups in total. The van der Waals surface area contributed by atoms with Gasteiger partial charge in [0, 0.05) is 35.4 Å². The second kappa shape index (κ2) is 8.79. The van der Waals surface area contributed by atoms with Crippen LogP contribution < -0.4 is 10.1 Å². The number of aromatic nitrogens is 4. The van der Waals surface area contributed by atoms with Crippen LogP contribution in [0.3, 0.4) is 0 Å². The summed E-state index contributed by atoms with van der Waals surface area (Å²) in [6.07, 6.45) is 1.42. The van der Waals surface area contributed by atoms with E-state index in [0.29, 0.717) is 52.6 Å². The van der Waals surface area contributed by atoms with Crippen LogP contribution in [0.15, 0.2) is 54.9 Å². The minimum absolute atomic E-state index is 0.205. The number of aromatic carboxylic acids is 1. The van der Waals surface area contributed by atoms with Crippen LogP contribution in [0.5, 0.6) is 5.75 Å². The van der Waals surface area contributed by atoms with Gasteiger partial charge in [-0.3, -0.25) is 0 Å². The highest BCUT2D eigenvalue weighted by atomic mass is 19.1. The predicted molar refractivity (Wildman–Crippen MR) is 128 cm³/mol. The summed E-state index contributed by atoms with van der Waals surface area (Å²) < 4.78 is 21.5. The molecule has 0 aliphatic carbocycles. The van der Waals surface area contributed by atoms with E-state index in [2.05, 4.69) is 26.3 Å². The van der Waals surface area contributed by atoms with Gasteiger partial charge in [-0.15, -0.1) is 0 Å². The molecule has 0 saturated carbocycles. The smallest absolute Gasteiger partial charge is 0.335 e. The van der Waals surface area contributed by atoms with Crippen LogP contribution in [0.25, 0.3) is 33.2 Å². The summed E-state index contributed by atoms with van der Waals surface area (Å²) in [5.74, 6) is -0.375. The summed E-state index contributed by atoms with van der Waals surface area (Å²) in [7, 11) is 1.50. The Bertz CT molecular complexity index is 1630. The number of hydrogen-bond acceptors (Lipinski definition) is 6. The molecule has 9 nitrogen and oxygen atoms in total. The molecule has 2 aromatic carbocycles. The normalized spacial score (nSPS) is 11.0. The Hall–Kier alpha value is -4.91. The lowest BCUT2D eigenvalue weighted by atomic mass is 10.1. The number of methoxy groups -OCH3 is 1. The number of benzene rings is 2. The number of nitrogens with one attached hydrogen (secondary N) is 2. The van der Waals surface area contributed by atoms with Crippen molar-refractivity contribution in [2.45, 2.75) is 6.54 Å². The zero-order chi connectivity index (χ0) is 24.5. The molecular formula is C25H19FN6O3. The van der Waals surface area contributed by atoms with E-state index in [9.17, 15) is 19.6 Å². The Balaban J connectivity index is 1.37. The van der Waals surface area contributed by atoms with Gasteiger partial charge in [0.2, 0.25) is 0 Å². The van der Waals surface area contributed by atoms with E-state index < -0.39 is 11.8 Å². The lowest BCUT2D eigenvalue weighted by molar-refractivity contribution is 0.0697. The molecule has 3 heterocycles. The van der Waals surface area contributed by atoms with Gasteiger partial charge in [0.15, 0.2) is 0 Å². The van der Waals surface area contributed by atoms with Crippen molar-refractivity contribution in [2.24, 2.45) is 0 Å². The molecule has 5 rings (SSSR count). The number of rotatable bonds is 7. The maximum absolute atomic E-state index is 14.6. The van der Waals surface area contributed by atoms with Crippen LogP contribution in [0.1, 0.15) is 16.1 Å². The first kappa shape index (κ1) is 21.9. The van der Waals surface area contributed by atoms with Gasteiger partial charge in [-0.05, 0) is 42.5 Å². The van der Waals surface area contributed by atoms with E-state index in [1.807, 2.05) is 6.07 Å². The third kappa shape index (κ3) is 4.00. The maximum atomic E-state index is 14.6. The molecular weight excluding hydrogens is 451 g/mol. The Labute approximate surface area is 198 Å². The number of aromatic amines is 1. The number of nitriles is 1. The first-order valence-electron chi connectivity index (χ1n) is 10.7. The molecule has 174 valence electrons. The lowest BCUT2D eigenvalue weighted by Crippen LogP contribution is -2.13. The van der Waals surface area contributed by atoms with Crippen molar-refractivity contribution in [2.75, 3.05) is 19.0 Å². The Morgan fingerprint density at radius 3 is 2.86 bits per heavy atom. The molecule has 0 spiro atoms. The lowest BCUT2D eigenvalue weighted by Gasteiger charge is -2.11. The van der Waals surface area contributed by atoms with E-state index in [-0.39, 0.29) is 5.56 Å². The van der Waals surface area contributed by atoms with Crippen molar-refractivity contribution in [3.05, 3.63) is 71.9 Å². The highest BCUT2D eigenvalue weighted by Crippen LogP contribution is 2.31. The summed E-state index contributed by atoms with van der Waals surface area (Å²) in [5, 5.41) is 23.2. The molecule has 0 radical (unpaired) electrons. The van der Waals surface area contributed by atoms with Gasteiger partial charge in [0.25, 0.3) is 0 Å². The molecule has 5 aromatic rings. The number of nitrogens with zero attached hydrogens (tertiary/aromatic N) is 4. The first-order chi connectivity index (χ1) is 17.0. The van der Waals surface area contributed by atoms with E-state index in [0.717, 1.165) is 10.9 Å². The monoisotopic (exact) mass is 470 g/mol. The van der Waals surface area contributed by atoms with Crippen LogP contribution in [-0.2, 0) is 6.54 Å². The predicted octanol–water partition coefficient (Wildman–Crippen LogP) is 4.41. The van der Waals surface area contributed by atoms with Crippen molar-refractivity contribution in [3.8, 4) is 23.2 Å². The average molecular weight is 470 g/mol. The van der Waals surface area contributed by atoms with E-state index in [1.54, 1.807) is 28.8 Å². The SMILES string of the molecule is COc1ccc(F)c2c1cc(C#N)n2CCNc1cc(-c2cc3cc(C(=O)O)ccc3[nH]2)ncn1. The van der Waals surface area contributed by atoms with Crippen LogP contribution in [0, 0.1) is 17.1 Å². The van der Waals surface area contributed by atoms with Crippen LogP contribution in [-0.4, -0.2) is 44.2 Å². The molecule has 10 heteroatoms. The molecule has 0 amide bonds. The number of H-pyrrole nitrogens is 1. The highest BCUT2D eigenvalue weighted by Gasteiger charge is 2.16. The summed E-state index contributed by atoms with van der Waals surface area (Å²) in [6, 6.07) is 15.0. The summed E-state index contributed by atoms with van der Waals surface area (Å²) in [4.78, 5) is 23.0. The number of hydrogen-bond donors (Lipinski definition) is 3. The standard InChI is InChI=1S/C25H19FN6O3/c1-35-22-5-3-18(26)24-17(22)10-16(12-27)32(24)7-6-28-23-11-20(29-13-30-23)21-9-15-8-14(25(33)34)2-4-19(15)31-21/h2-5,8-11,13,31H,6-7H2,1H3,(H,33,34)(H,28,29,30). The van der Waals surface area contributed by atoms with E-state index >= 15 is 0 Å². The molecule has 0 saturated heterocycles. The highest BCUT2D eigenvalue weighted by molar-refractivity contribution is 5.95. The molecule has 0 bridgehead atoms. The van der Waals surface area contributed by atoms with Gasteiger partial charge < -0.3 is 24.7 Å². The van der Waals surface area contributed by atoms with Gasteiger partial charge in [-0.25, -0.2) is 19.2 Å². The molecule has 0 atom stereocenters. The average Bonchev–Trinajstić information content (AvgIpc) is 3.46. The fourth-order valence-corrected chi connectivity index (χ4v) is 4.12. The summed E-state index contributed by atoms with van der Waals surface area (Å²) >= 11 is 0. The minimum atomic E-state index is -0.989. The number of halogens is 1. The Kier molecular flexibility index (Phi) is 5.51.